The van der Waals surface area contributed by atoms with Crippen molar-refractivity contribution in [2.75, 3.05) is 23.8 Å². The minimum atomic E-state index is -0.217. The molecule has 3 aromatic rings. The van der Waals surface area contributed by atoms with Crippen LogP contribution in [0.15, 0.2) is 67.1 Å². The molecule has 0 radical (unpaired) electrons. The van der Waals surface area contributed by atoms with Gasteiger partial charge in [0, 0.05) is 43.4 Å². The summed E-state index contributed by atoms with van der Waals surface area (Å²) in [5.41, 5.74) is 2.92. The number of likely N-dealkylation sites (N-methyl/N-ethyl adjacent to an activating group) is 1. The largest absolute Gasteiger partial charge is 0.359 e. The van der Waals surface area contributed by atoms with Gasteiger partial charge >= 0.3 is 0 Å². The molecule has 27 heavy (non-hydrogen) atoms. The zero-order chi connectivity index (χ0) is 19.1. The molecule has 2 heterocycles. The Morgan fingerprint density at radius 2 is 1.85 bits per heavy atom. The van der Waals surface area contributed by atoms with Crippen molar-refractivity contribution in [3.05, 3.63) is 83.8 Å². The molecular weight excluding hydrogens is 338 g/mol. The number of pyridine rings is 2. The normalized spacial score (nSPS) is 10.1. The highest BCUT2D eigenvalue weighted by Gasteiger charge is 2.10. The molecule has 3 rings (SSSR count). The molecule has 0 aliphatic carbocycles. The van der Waals surface area contributed by atoms with Gasteiger partial charge in [0.1, 0.15) is 5.82 Å². The molecule has 0 aliphatic rings. The van der Waals surface area contributed by atoms with Crippen molar-refractivity contribution in [3.8, 4) is 6.07 Å². The summed E-state index contributed by atoms with van der Waals surface area (Å²) in [5, 5.41) is 11.7. The van der Waals surface area contributed by atoms with Gasteiger partial charge in [0.2, 0.25) is 0 Å². The number of nitrogens with one attached hydrogen (secondary N) is 1. The van der Waals surface area contributed by atoms with Crippen LogP contribution in [-0.2, 0) is 6.42 Å². The number of hydrogen-bond acceptors (Lipinski definition) is 5. The highest BCUT2D eigenvalue weighted by molar-refractivity contribution is 6.04. The summed E-state index contributed by atoms with van der Waals surface area (Å²) in [7, 11) is 1.95. The summed E-state index contributed by atoms with van der Waals surface area (Å²) < 4.78 is 0. The summed E-state index contributed by atoms with van der Waals surface area (Å²) in [6.45, 7) is 0.776. The van der Waals surface area contributed by atoms with E-state index in [9.17, 15) is 4.79 Å². The van der Waals surface area contributed by atoms with Gasteiger partial charge < -0.3 is 10.2 Å². The number of carbonyl (C=O) groups excluding carboxylic acids is 1. The van der Waals surface area contributed by atoms with E-state index in [1.165, 1.54) is 5.56 Å². The SMILES string of the molecule is CN(CCc1ccncc1)c1cc(C(=O)Nc2ccc(C#N)cc2)ccn1. The van der Waals surface area contributed by atoms with Crippen LogP contribution in [0.4, 0.5) is 11.5 Å². The summed E-state index contributed by atoms with van der Waals surface area (Å²) in [6, 6.07) is 16.2. The first-order chi connectivity index (χ1) is 13.2. The first-order valence-corrected chi connectivity index (χ1v) is 8.53. The molecule has 0 unspecified atom stereocenters. The maximum atomic E-state index is 12.5. The van der Waals surface area contributed by atoms with Crippen molar-refractivity contribution in [1.82, 2.24) is 9.97 Å². The Balaban J connectivity index is 1.64. The number of aromatic nitrogens is 2. The van der Waals surface area contributed by atoms with E-state index in [4.69, 9.17) is 5.26 Å². The van der Waals surface area contributed by atoms with Gasteiger partial charge in [0.15, 0.2) is 0 Å². The van der Waals surface area contributed by atoms with Gasteiger partial charge in [-0.2, -0.15) is 5.26 Å². The second-order valence-corrected chi connectivity index (χ2v) is 6.07. The van der Waals surface area contributed by atoms with E-state index in [2.05, 4.69) is 21.4 Å². The van der Waals surface area contributed by atoms with Crippen LogP contribution in [-0.4, -0.2) is 29.5 Å². The third-order valence-electron chi connectivity index (χ3n) is 4.16. The molecule has 0 saturated heterocycles. The first-order valence-electron chi connectivity index (χ1n) is 8.53. The second kappa shape index (κ2) is 8.59. The average molecular weight is 357 g/mol. The lowest BCUT2D eigenvalue weighted by Crippen LogP contribution is -2.22. The fourth-order valence-corrected chi connectivity index (χ4v) is 2.56. The van der Waals surface area contributed by atoms with Gasteiger partial charge in [0.05, 0.1) is 11.6 Å². The lowest BCUT2D eigenvalue weighted by Gasteiger charge is -2.18. The van der Waals surface area contributed by atoms with Crippen LogP contribution in [0.5, 0.6) is 0 Å². The molecule has 0 atom stereocenters. The van der Waals surface area contributed by atoms with Crippen molar-refractivity contribution in [3.63, 3.8) is 0 Å². The van der Waals surface area contributed by atoms with Crippen LogP contribution >= 0.6 is 0 Å². The number of anilines is 2. The smallest absolute Gasteiger partial charge is 0.255 e. The minimum Gasteiger partial charge on any atom is -0.359 e. The maximum Gasteiger partial charge on any atom is 0.255 e. The third-order valence-corrected chi connectivity index (χ3v) is 4.16. The zero-order valence-electron chi connectivity index (χ0n) is 15.0. The van der Waals surface area contributed by atoms with Crippen molar-refractivity contribution < 1.29 is 4.79 Å². The molecule has 0 fully saturated rings. The van der Waals surface area contributed by atoms with Gasteiger partial charge in [-0.15, -0.1) is 0 Å². The quantitative estimate of drug-likeness (QED) is 0.732. The van der Waals surface area contributed by atoms with E-state index in [-0.39, 0.29) is 5.91 Å². The van der Waals surface area contributed by atoms with Gasteiger partial charge in [-0.25, -0.2) is 4.98 Å². The molecule has 6 heteroatoms. The molecule has 1 aromatic carbocycles. The summed E-state index contributed by atoms with van der Waals surface area (Å²) in [6.07, 6.45) is 6.05. The van der Waals surface area contributed by atoms with Crippen molar-refractivity contribution in [2.45, 2.75) is 6.42 Å². The van der Waals surface area contributed by atoms with Crippen molar-refractivity contribution in [2.24, 2.45) is 0 Å². The van der Waals surface area contributed by atoms with Crippen LogP contribution in [0.1, 0.15) is 21.5 Å². The fraction of sp³-hybridized carbons (Fsp3) is 0.143. The lowest BCUT2D eigenvalue weighted by atomic mass is 10.2. The van der Waals surface area contributed by atoms with Crippen LogP contribution in [0.3, 0.4) is 0 Å². The number of benzene rings is 1. The Morgan fingerprint density at radius 1 is 1.11 bits per heavy atom. The molecular formula is C21H19N5O. The monoisotopic (exact) mass is 357 g/mol. The second-order valence-electron chi connectivity index (χ2n) is 6.07. The van der Waals surface area contributed by atoms with E-state index >= 15 is 0 Å². The van der Waals surface area contributed by atoms with Crippen LogP contribution < -0.4 is 10.2 Å². The Bertz CT molecular complexity index is 948. The average Bonchev–Trinajstić information content (AvgIpc) is 2.73. The highest BCUT2D eigenvalue weighted by atomic mass is 16.1. The molecule has 0 spiro atoms. The van der Waals surface area contributed by atoms with E-state index in [1.54, 1.807) is 55.0 Å². The molecule has 1 N–H and O–H groups in total. The Labute approximate surface area is 158 Å². The number of carbonyl (C=O) groups is 1. The Hall–Kier alpha value is -3.72. The van der Waals surface area contributed by atoms with Crippen molar-refractivity contribution in [1.29, 1.82) is 5.26 Å². The van der Waals surface area contributed by atoms with Gasteiger partial charge in [-0.3, -0.25) is 9.78 Å². The van der Waals surface area contributed by atoms with Gasteiger partial charge in [0.25, 0.3) is 5.91 Å². The molecule has 6 nitrogen and oxygen atoms in total. The third kappa shape index (κ3) is 4.89. The fourth-order valence-electron chi connectivity index (χ4n) is 2.56. The van der Waals surface area contributed by atoms with Crippen LogP contribution in [0, 0.1) is 11.3 Å². The molecule has 1 amide bonds. The van der Waals surface area contributed by atoms with Gasteiger partial charge in [-0.1, -0.05) is 0 Å². The Kier molecular flexibility index (Phi) is 5.75. The van der Waals surface area contributed by atoms with Gasteiger partial charge in [-0.05, 0) is 60.5 Å². The van der Waals surface area contributed by atoms with E-state index in [0.717, 1.165) is 18.8 Å². The minimum absolute atomic E-state index is 0.217. The molecule has 0 bridgehead atoms. The van der Waals surface area contributed by atoms with Crippen LogP contribution in [0.2, 0.25) is 0 Å². The first kappa shape index (κ1) is 18.1. The summed E-state index contributed by atoms with van der Waals surface area (Å²) >= 11 is 0. The molecule has 134 valence electrons. The predicted octanol–water partition coefficient (Wildman–Crippen LogP) is 3.28. The Morgan fingerprint density at radius 3 is 2.56 bits per heavy atom. The van der Waals surface area contributed by atoms with E-state index < -0.39 is 0 Å². The number of nitrogens with zero attached hydrogens (tertiary/aromatic N) is 4. The van der Waals surface area contributed by atoms with Crippen LogP contribution in [0.25, 0.3) is 0 Å². The highest BCUT2D eigenvalue weighted by Crippen LogP contribution is 2.15. The standard InChI is InChI=1S/C21H19N5O/c1-26(13-9-16-6-10-23-11-7-16)20-14-18(8-12-24-20)21(27)25-19-4-2-17(15-22)3-5-19/h2-8,10-12,14H,9,13H2,1H3,(H,25,27). The topological polar surface area (TPSA) is 81.9 Å². The molecule has 2 aromatic heterocycles. The molecule has 0 aliphatic heterocycles. The summed E-state index contributed by atoms with van der Waals surface area (Å²) in [4.78, 5) is 22.9. The lowest BCUT2D eigenvalue weighted by molar-refractivity contribution is 0.102. The number of hydrogen-bond donors (Lipinski definition) is 1. The van der Waals surface area contributed by atoms with Crippen molar-refractivity contribution >= 4 is 17.4 Å². The number of amides is 1. The van der Waals surface area contributed by atoms with E-state index in [1.807, 2.05) is 24.1 Å². The summed E-state index contributed by atoms with van der Waals surface area (Å²) in [5.74, 6) is 0.516. The van der Waals surface area contributed by atoms with E-state index in [0.29, 0.717) is 16.8 Å². The number of rotatable bonds is 6. The molecule has 0 saturated carbocycles. The number of nitriles is 1. The zero-order valence-corrected chi connectivity index (χ0v) is 15.0. The maximum absolute atomic E-state index is 12.5. The predicted molar refractivity (Wildman–Crippen MR) is 105 cm³/mol.